The number of hydrogen-bond acceptors (Lipinski definition) is 1. The Kier molecular flexibility index (Phi) is 3.81. The highest BCUT2D eigenvalue weighted by molar-refractivity contribution is 5.91. The molecule has 5 rings (SSSR count). The van der Waals surface area contributed by atoms with Gasteiger partial charge in [-0.05, 0) is 65.1 Å². The van der Waals surface area contributed by atoms with Gasteiger partial charge in [0.25, 0.3) is 0 Å². The minimum atomic E-state index is 0.354. The first-order valence-electron chi connectivity index (χ1n) is 9.81. The van der Waals surface area contributed by atoms with E-state index >= 15 is 0 Å². The molecule has 3 aliphatic carbocycles. The van der Waals surface area contributed by atoms with Crippen molar-refractivity contribution >= 4 is 17.2 Å². The predicted molar refractivity (Wildman–Crippen MR) is 109 cm³/mol. The second kappa shape index (κ2) is 6.32. The molecule has 0 heterocycles. The average molecular weight is 340 g/mol. The van der Waals surface area contributed by atoms with E-state index in [0.717, 1.165) is 23.5 Å². The summed E-state index contributed by atoms with van der Waals surface area (Å²) in [5.74, 6) is 1.83. The molecule has 0 spiro atoms. The second-order valence-electron chi connectivity index (χ2n) is 7.82. The summed E-state index contributed by atoms with van der Waals surface area (Å²) in [6.45, 7) is 0. The minimum absolute atomic E-state index is 0.354. The van der Waals surface area contributed by atoms with Crippen molar-refractivity contribution in [1.82, 2.24) is 0 Å². The molecular formula is C25H24O. The summed E-state index contributed by atoms with van der Waals surface area (Å²) in [7, 11) is 0. The number of fused-ring (bicyclic) bond motifs is 1. The first-order chi connectivity index (χ1) is 12.8. The number of hydrogen-bond donors (Lipinski definition) is 1. The van der Waals surface area contributed by atoms with Crippen LogP contribution < -0.4 is 0 Å². The molecule has 0 bridgehead atoms. The van der Waals surface area contributed by atoms with Crippen molar-refractivity contribution in [1.29, 1.82) is 0 Å². The first kappa shape index (κ1) is 15.7. The SMILES string of the molecule is Oc1ccccc1C1=CCC(c2ccc3c(c2)C=CC3C2CCCC2)=C1. The maximum Gasteiger partial charge on any atom is 0.123 e. The molecule has 0 amide bonds. The van der Waals surface area contributed by atoms with Crippen LogP contribution in [-0.4, -0.2) is 5.11 Å². The summed E-state index contributed by atoms with van der Waals surface area (Å²) < 4.78 is 0. The van der Waals surface area contributed by atoms with Gasteiger partial charge >= 0.3 is 0 Å². The van der Waals surface area contributed by atoms with Crippen LogP contribution in [0.4, 0.5) is 0 Å². The van der Waals surface area contributed by atoms with E-state index in [2.05, 4.69) is 42.5 Å². The molecule has 2 aromatic rings. The van der Waals surface area contributed by atoms with Crippen LogP contribution in [0.5, 0.6) is 5.75 Å². The van der Waals surface area contributed by atoms with E-state index in [4.69, 9.17) is 0 Å². The molecule has 0 saturated heterocycles. The van der Waals surface area contributed by atoms with Gasteiger partial charge in [-0.3, -0.25) is 0 Å². The van der Waals surface area contributed by atoms with Gasteiger partial charge in [0, 0.05) is 11.5 Å². The Balaban J connectivity index is 1.42. The Labute approximate surface area is 155 Å². The Morgan fingerprint density at radius 3 is 2.65 bits per heavy atom. The molecule has 130 valence electrons. The normalized spacial score (nSPS) is 21.8. The van der Waals surface area contributed by atoms with E-state index in [1.165, 1.54) is 47.9 Å². The van der Waals surface area contributed by atoms with Crippen LogP contribution in [0.15, 0.2) is 60.7 Å². The smallest absolute Gasteiger partial charge is 0.123 e. The number of para-hydroxylation sites is 1. The van der Waals surface area contributed by atoms with E-state index in [-0.39, 0.29) is 0 Å². The Morgan fingerprint density at radius 1 is 0.962 bits per heavy atom. The zero-order valence-electron chi connectivity index (χ0n) is 15.0. The molecule has 1 saturated carbocycles. The lowest BCUT2D eigenvalue weighted by Crippen LogP contribution is -2.05. The van der Waals surface area contributed by atoms with Crippen LogP contribution in [0.2, 0.25) is 0 Å². The van der Waals surface area contributed by atoms with Crippen molar-refractivity contribution in [3.63, 3.8) is 0 Å². The van der Waals surface area contributed by atoms with Gasteiger partial charge in [0.1, 0.15) is 5.75 Å². The van der Waals surface area contributed by atoms with E-state index in [9.17, 15) is 5.11 Å². The van der Waals surface area contributed by atoms with E-state index < -0.39 is 0 Å². The molecule has 3 aliphatic rings. The van der Waals surface area contributed by atoms with Gasteiger partial charge in [0.15, 0.2) is 0 Å². The Bertz CT molecular complexity index is 938. The predicted octanol–water partition coefficient (Wildman–Crippen LogP) is 6.56. The summed E-state index contributed by atoms with van der Waals surface area (Å²) in [5.41, 5.74) is 7.61. The zero-order chi connectivity index (χ0) is 17.5. The van der Waals surface area contributed by atoms with Gasteiger partial charge in [0.05, 0.1) is 0 Å². The van der Waals surface area contributed by atoms with Gasteiger partial charge in [-0.1, -0.05) is 67.5 Å². The van der Waals surface area contributed by atoms with Gasteiger partial charge < -0.3 is 5.11 Å². The largest absolute Gasteiger partial charge is 0.507 e. The molecular weight excluding hydrogens is 316 g/mol. The molecule has 1 N–H and O–H groups in total. The minimum Gasteiger partial charge on any atom is -0.507 e. The third-order valence-electron chi connectivity index (χ3n) is 6.29. The van der Waals surface area contributed by atoms with Crippen LogP contribution >= 0.6 is 0 Å². The molecule has 1 atom stereocenters. The fourth-order valence-electron chi connectivity index (χ4n) is 4.89. The van der Waals surface area contributed by atoms with Crippen molar-refractivity contribution < 1.29 is 5.11 Å². The third-order valence-corrected chi connectivity index (χ3v) is 6.29. The van der Waals surface area contributed by atoms with Crippen molar-refractivity contribution in [3.05, 3.63) is 82.9 Å². The van der Waals surface area contributed by atoms with Crippen LogP contribution in [0, 0.1) is 5.92 Å². The molecule has 1 heteroatoms. The number of allylic oxidation sites excluding steroid dienone is 5. The van der Waals surface area contributed by atoms with E-state index in [1.54, 1.807) is 6.07 Å². The van der Waals surface area contributed by atoms with Crippen molar-refractivity contribution in [3.8, 4) is 5.75 Å². The molecule has 2 aromatic carbocycles. The monoisotopic (exact) mass is 340 g/mol. The summed E-state index contributed by atoms with van der Waals surface area (Å²) >= 11 is 0. The summed E-state index contributed by atoms with van der Waals surface area (Å²) in [5, 5.41) is 10.1. The zero-order valence-corrected chi connectivity index (χ0v) is 15.0. The summed E-state index contributed by atoms with van der Waals surface area (Å²) in [6.07, 6.45) is 15.7. The third kappa shape index (κ3) is 2.63. The van der Waals surface area contributed by atoms with Crippen LogP contribution in [0.3, 0.4) is 0 Å². The van der Waals surface area contributed by atoms with E-state index in [1.807, 2.05) is 18.2 Å². The molecule has 0 aromatic heterocycles. The highest BCUT2D eigenvalue weighted by Crippen LogP contribution is 2.44. The number of rotatable bonds is 3. The van der Waals surface area contributed by atoms with E-state index in [0.29, 0.717) is 11.7 Å². The lowest BCUT2D eigenvalue weighted by molar-refractivity contribution is 0.474. The highest BCUT2D eigenvalue weighted by Gasteiger charge is 2.28. The maximum absolute atomic E-state index is 10.1. The van der Waals surface area contributed by atoms with Crippen LogP contribution in [0.25, 0.3) is 17.2 Å². The quantitative estimate of drug-likeness (QED) is 0.670. The molecule has 0 radical (unpaired) electrons. The fourth-order valence-corrected chi connectivity index (χ4v) is 4.89. The number of benzene rings is 2. The van der Waals surface area contributed by atoms with Crippen LogP contribution in [0.1, 0.15) is 60.3 Å². The average Bonchev–Trinajstić information content (AvgIpc) is 3.41. The molecule has 26 heavy (non-hydrogen) atoms. The second-order valence-corrected chi connectivity index (χ2v) is 7.82. The standard InChI is InChI=1S/C25H24O/c26-25-8-4-3-7-24(25)21-10-9-18(16-21)19-11-13-23-20(15-19)12-14-22(23)17-5-1-2-6-17/h3-4,7-8,10-17,22,26H,1-2,5-6,9H2. The summed E-state index contributed by atoms with van der Waals surface area (Å²) in [4.78, 5) is 0. The van der Waals surface area contributed by atoms with Gasteiger partial charge in [-0.25, -0.2) is 0 Å². The lowest BCUT2D eigenvalue weighted by Gasteiger charge is -2.18. The van der Waals surface area contributed by atoms with Gasteiger partial charge in [-0.2, -0.15) is 0 Å². The fraction of sp³-hybridized carbons (Fsp3) is 0.280. The summed E-state index contributed by atoms with van der Waals surface area (Å²) in [6, 6.07) is 14.6. The van der Waals surface area contributed by atoms with Gasteiger partial charge in [0.2, 0.25) is 0 Å². The topological polar surface area (TPSA) is 20.2 Å². The van der Waals surface area contributed by atoms with Crippen LogP contribution in [-0.2, 0) is 0 Å². The number of aromatic hydroxyl groups is 1. The van der Waals surface area contributed by atoms with Crippen molar-refractivity contribution in [2.45, 2.75) is 38.0 Å². The Hall–Kier alpha value is -2.54. The lowest BCUT2D eigenvalue weighted by atomic mass is 9.86. The highest BCUT2D eigenvalue weighted by atomic mass is 16.3. The van der Waals surface area contributed by atoms with Crippen molar-refractivity contribution in [2.75, 3.05) is 0 Å². The Morgan fingerprint density at radius 2 is 1.81 bits per heavy atom. The first-order valence-corrected chi connectivity index (χ1v) is 9.81. The molecule has 0 aliphatic heterocycles. The molecule has 1 unspecified atom stereocenters. The number of phenols is 1. The number of phenolic OH excluding ortho intramolecular Hbond substituents is 1. The maximum atomic E-state index is 10.1. The van der Waals surface area contributed by atoms with Gasteiger partial charge in [-0.15, -0.1) is 0 Å². The molecule has 1 fully saturated rings. The van der Waals surface area contributed by atoms with Crippen molar-refractivity contribution in [2.24, 2.45) is 5.92 Å². The molecule has 1 nitrogen and oxygen atoms in total.